The average molecular weight is 439 g/mol. The maximum Gasteiger partial charge on any atom is 0.263 e. The number of carbonyl (C=O) groups excluding carboxylic acids is 1. The molecule has 11 heteroatoms. The Kier molecular flexibility index (Phi) is 4.90. The van der Waals surface area contributed by atoms with E-state index in [-0.39, 0.29) is 17.1 Å². The van der Waals surface area contributed by atoms with E-state index >= 15 is 0 Å². The summed E-state index contributed by atoms with van der Waals surface area (Å²) in [6.45, 7) is 3.04. The second-order valence-electron chi connectivity index (χ2n) is 6.39. The van der Waals surface area contributed by atoms with Gasteiger partial charge in [-0.05, 0) is 6.92 Å². The van der Waals surface area contributed by atoms with Gasteiger partial charge in [0.15, 0.2) is 5.15 Å². The summed E-state index contributed by atoms with van der Waals surface area (Å²) >= 11 is 13.4. The molecular weight excluding hydrogens is 423 g/mol. The highest BCUT2D eigenvalue weighted by molar-refractivity contribution is 7.21. The zero-order chi connectivity index (χ0) is 20.0. The summed E-state index contributed by atoms with van der Waals surface area (Å²) in [4.78, 5) is 19.8. The number of anilines is 2. The van der Waals surface area contributed by atoms with Gasteiger partial charge < -0.3 is 20.7 Å². The predicted molar refractivity (Wildman–Crippen MR) is 111 cm³/mol. The summed E-state index contributed by atoms with van der Waals surface area (Å²) in [5.74, 6) is 0.249. The third-order valence-electron chi connectivity index (χ3n) is 4.62. The quantitative estimate of drug-likeness (QED) is 0.644. The van der Waals surface area contributed by atoms with Crippen LogP contribution in [0.1, 0.15) is 15.2 Å². The zero-order valence-corrected chi connectivity index (χ0v) is 17.3. The molecule has 28 heavy (non-hydrogen) atoms. The van der Waals surface area contributed by atoms with Crippen molar-refractivity contribution in [2.45, 2.75) is 13.0 Å². The molecule has 1 aliphatic rings. The second-order valence-corrected chi connectivity index (χ2v) is 8.16. The van der Waals surface area contributed by atoms with Crippen LogP contribution in [0.3, 0.4) is 0 Å². The smallest absolute Gasteiger partial charge is 0.263 e. The summed E-state index contributed by atoms with van der Waals surface area (Å²) in [5, 5.41) is 12.4. The molecule has 1 amide bonds. The molecule has 1 aliphatic heterocycles. The number of hydrogen-bond acceptors (Lipinski definition) is 8. The predicted octanol–water partition coefficient (Wildman–Crippen LogP) is 2.91. The first-order valence-electron chi connectivity index (χ1n) is 8.35. The van der Waals surface area contributed by atoms with Crippen LogP contribution in [-0.4, -0.2) is 47.3 Å². The molecule has 146 valence electrons. The minimum Gasteiger partial charge on any atom is -0.481 e. The number of nitrogens with zero attached hydrogens (tertiary/aromatic N) is 4. The van der Waals surface area contributed by atoms with Crippen molar-refractivity contribution in [2.75, 3.05) is 30.8 Å². The minimum atomic E-state index is -0.237. The number of amides is 1. The van der Waals surface area contributed by atoms with Crippen molar-refractivity contribution < 1.29 is 9.53 Å². The molecule has 0 atom stereocenters. The van der Waals surface area contributed by atoms with Crippen molar-refractivity contribution in [3.05, 3.63) is 32.9 Å². The molecule has 3 aromatic heterocycles. The molecule has 1 fully saturated rings. The van der Waals surface area contributed by atoms with E-state index in [2.05, 4.69) is 20.5 Å². The molecule has 0 spiro atoms. The van der Waals surface area contributed by atoms with E-state index in [1.165, 1.54) is 11.3 Å². The monoisotopic (exact) mass is 438 g/mol. The Morgan fingerprint density at radius 1 is 1.39 bits per heavy atom. The first-order valence-corrected chi connectivity index (χ1v) is 9.92. The van der Waals surface area contributed by atoms with Crippen molar-refractivity contribution in [3.63, 3.8) is 0 Å². The second kappa shape index (κ2) is 7.23. The number of nitrogens with one attached hydrogen (secondary N) is 1. The van der Waals surface area contributed by atoms with Gasteiger partial charge in [0.25, 0.3) is 5.91 Å². The van der Waals surface area contributed by atoms with E-state index in [1.807, 2.05) is 4.90 Å². The molecular formula is C17H16Cl2N6O2S. The summed E-state index contributed by atoms with van der Waals surface area (Å²) in [5.41, 5.74) is 8.11. The van der Waals surface area contributed by atoms with Crippen LogP contribution in [0.15, 0.2) is 12.3 Å². The average Bonchev–Trinajstić information content (AvgIpc) is 2.99. The number of pyridine rings is 1. The molecule has 8 nitrogen and oxygen atoms in total. The lowest BCUT2D eigenvalue weighted by molar-refractivity contribution is 0.0935. The lowest BCUT2D eigenvalue weighted by Crippen LogP contribution is -2.59. The Morgan fingerprint density at radius 2 is 2.14 bits per heavy atom. The van der Waals surface area contributed by atoms with E-state index in [9.17, 15) is 4.79 Å². The number of thiophene rings is 1. The molecule has 4 rings (SSSR count). The number of fused-ring (bicyclic) bond motifs is 1. The highest BCUT2D eigenvalue weighted by Gasteiger charge is 2.31. The standard InChI is InChI=1S/C17H16Cl2N6O2S/c1-7-12-13(20)14(28-17(12)24-23-15(7)19)16(26)22-8-5-25(6-8)10-3-11(27-2)21-4-9(10)18/h3-4,8H,5-6,20H2,1-2H3,(H,22,26). The van der Waals surface area contributed by atoms with Crippen molar-refractivity contribution >= 4 is 62.0 Å². The molecule has 1 saturated heterocycles. The molecule has 0 aromatic carbocycles. The third-order valence-corrected chi connectivity index (χ3v) is 6.36. The van der Waals surface area contributed by atoms with Gasteiger partial charge >= 0.3 is 0 Å². The molecule has 0 radical (unpaired) electrons. The third kappa shape index (κ3) is 3.19. The Hall–Kier alpha value is -2.36. The van der Waals surface area contributed by atoms with Crippen LogP contribution in [-0.2, 0) is 0 Å². The Labute approximate surface area is 174 Å². The number of ether oxygens (including phenoxy) is 1. The number of hydrogen-bond donors (Lipinski definition) is 2. The van der Waals surface area contributed by atoms with Crippen molar-refractivity contribution in [2.24, 2.45) is 0 Å². The van der Waals surface area contributed by atoms with Crippen LogP contribution >= 0.6 is 34.5 Å². The van der Waals surface area contributed by atoms with Gasteiger partial charge in [-0.15, -0.1) is 21.5 Å². The number of methoxy groups -OCH3 is 1. The molecule has 0 aliphatic carbocycles. The maximum absolute atomic E-state index is 12.7. The van der Waals surface area contributed by atoms with Gasteiger partial charge in [0, 0.05) is 30.1 Å². The minimum absolute atomic E-state index is 0.0249. The molecule has 0 unspecified atom stereocenters. The van der Waals surface area contributed by atoms with E-state index in [0.29, 0.717) is 44.8 Å². The summed E-state index contributed by atoms with van der Waals surface area (Å²) in [6.07, 6.45) is 1.55. The Morgan fingerprint density at radius 3 is 2.86 bits per heavy atom. The van der Waals surface area contributed by atoms with E-state index in [0.717, 1.165) is 11.3 Å². The number of aryl methyl sites for hydroxylation is 1. The fraction of sp³-hybridized carbons (Fsp3) is 0.294. The van der Waals surface area contributed by atoms with Gasteiger partial charge in [-0.2, -0.15) is 0 Å². The van der Waals surface area contributed by atoms with Gasteiger partial charge in [0.05, 0.1) is 35.7 Å². The fourth-order valence-electron chi connectivity index (χ4n) is 3.08. The lowest BCUT2D eigenvalue weighted by atomic mass is 10.1. The molecule has 3 aromatic rings. The number of rotatable bonds is 4. The van der Waals surface area contributed by atoms with Gasteiger partial charge in [0.2, 0.25) is 5.88 Å². The highest BCUT2D eigenvalue weighted by Crippen LogP contribution is 2.36. The first-order chi connectivity index (χ1) is 13.4. The van der Waals surface area contributed by atoms with Gasteiger partial charge in [0.1, 0.15) is 9.71 Å². The van der Waals surface area contributed by atoms with Crippen LogP contribution in [0.4, 0.5) is 11.4 Å². The van der Waals surface area contributed by atoms with Gasteiger partial charge in [-0.25, -0.2) is 4.98 Å². The number of nitrogen functional groups attached to an aromatic ring is 1. The van der Waals surface area contributed by atoms with Crippen LogP contribution in [0.5, 0.6) is 5.88 Å². The van der Waals surface area contributed by atoms with Gasteiger partial charge in [-0.1, -0.05) is 23.2 Å². The van der Waals surface area contributed by atoms with E-state index in [1.54, 1.807) is 26.3 Å². The number of aromatic nitrogens is 3. The first kappa shape index (κ1) is 19.0. The largest absolute Gasteiger partial charge is 0.481 e. The molecule has 3 N–H and O–H groups in total. The van der Waals surface area contributed by atoms with E-state index in [4.69, 9.17) is 33.7 Å². The Balaban J connectivity index is 1.47. The number of nitrogens with two attached hydrogens (primary N) is 1. The maximum atomic E-state index is 12.7. The number of halogens is 2. The van der Waals surface area contributed by atoms with Crippen LogP contribution in [0.2, 0.25) is 10.2 Å². The van der Waals surface area contributed by atoms with Crippen LogP contribution < -0.4 is 20.7 Å². The van der Waals surface area contributed by atoms with Crippen LogP contribution in [0, 0.1) is 6.92 Å². The summed E-state index contributed by atoms with van der Waals surface area (Å²) in [6, 6.07) is 1.75. The number of carbonyl (C=O) groups is 1. The highest BCUT2D eigenvalue weighted by atomic mass is 35.5. The summed E-state index contributed by atoms with van der Waals surface area (Å²) < 4.78 is 5.14. The topological polar surface area (TPSA) is 106 Å². The van der Waals surface area contributed by atoms with Crippen molar-refractivity contribution in [1.29, 1.82) is 0 Å². The SMILES string of the molecule is COc1cc(N2CC(NC(=O)c3sc4nnc(Cl)c(C)c4c3N)C2)c(Cl)cn1. The Bertz CT molecular complexity index is 1080. The normalized spacial score (nSPS) is 14.2. The molecule has 4 heterocycles. The van der Waals surface area contributed by atoms with E-state index < -0.39 is 0 Å². The fourth-order valence-corrected chi connectivity index (χ4v) is 4.44. The molecule has 0 bridgehead atoms. The van der Waals surface area contributed by atoms with Crippen LogP contribution in [0.25, 0.3) is 10.2 Å². The molecule has 0 saturated carbocycles. The van der Waals surface area contributed by atoms with Crippen molar-refractivity contribution in [1.82, 2.24) is 20.5 Å². The lowest BCUT2D eigenvalue weighted by Gasteiger charge is -2.41. The van der Waals surface area contributed by atoms with Gasteiger partial charge in [-0.3, -0.25) is 4.79 Å². The van der Waals surface area contributed by atoms with Crippen molar-refractivity contribution in [3.8, 4) is 5.88 Å². The zero-order valence-electron chi connectivity index (χ0n) is 15.0. The summed E-state index contributed by atoms with van der Waals surface area (Å²) in [7, 11) is 1.55.